The predicted molar refractivity (Wildman–Crippen MR) is 120 cm³/mol. The molecular weight excluding hydrogens is 400 g/mol. The molecule has 2 amide bonds. The van der Waals surface area contributed by atoms with Gasteiger partial charge in [0, 0.05) is 44.7 Å². The Morgan fingerprint density at radius 1 is 1.07 bits per heavy atom. The number of carbonyl (C=O) groups excluding carboxylic acids is 2. The van der Waals surface area contributed by atoms with Gasteiger partial charge in [-0.15, -0.1) is 0 Å². The van der Waals surface area contributed by atoms with Gasteiger partial charge in [0.05, 0.1) is 0 Å². The Labute approximate surface area is 184 Å². The van der Waals surface area contributed by atoms with E-state index in [1.54, 1.807) is 24.1 Å². The Hall–Kier alpha value is -2.37. The zero-order chi connectivity index (χ0) is 21.8. The van der Waals surface area contributed by atoms with Gasteiger partial charge in [-0.05, 0) is 36.1 Å². The molecule has 2 aromatic carbocycles. The van der Waals surface area contributed by atoms with Crippen molar-refractivity contribution >= 4 is 23.4 Å². The first-order chi connectivity index (χ1) is 14.5. The van der Waals surface area contributed by atoms with Crippen molar-refractivity contribution in [2.24, 2.45) is 0 Å². The molecule has 2 rings (SSSR count). The lowest BCUT2D eigenvalue weighted by molar-refractivity contribution is -0.141. The second-order valence-electron chi connectivity index (χ2n) is 7.24. The molecule has 0 aliphatic rings. The first-order valence-corrected chi connectivity index (χ1v) is 10.8. The number of hydrogen-bond donors (Lipinski definition) is 1. The molecule has 6 heteroatoms. The molecule has 0 aromatic heterocycles. The number of nitrogens with one attached hydrogen (secondary N) is 1. The topological polar surface area (TPSA) is 58.6 Å². The van der Waals surface area contributed by atoms with E-state index in [4.69, 9.17) is 16.3 Å². The smallest absolute Gasteiger partial charge is 0.243 e. The highest BCUT2D eigenvalue weighted by Crippen LogP contribution is 2.18. The van der Waals surface area contributed by atoms with Crippen LogP contribution in [0.2, 0.25) is 5.02 Å². The summed E-state index contributed by atoms with van der Waals surface area (Å²) in [4.78, 5) is 27.9. The molecule has 0 aliphatic carbocycles. The fourth-order valence-electron chi connectivity index (χ4n) is 3.24. The second-order valence-corrected chi connectivity index (χ2v) is 7.68. The van der Waals surface area contributed by atoms with Crippen LogP contribution in [0.3, 0.4) is 0 Å². The third-order valence-corrected chi connectivity index (χ3v) is 5.08. The molecule has 30 heavy (non-hydrogen) atoms. The highest BCUT2D eigenvalue weighted by Gasteiger charge is 2.29. The molecule has 1 atom stereocenters. The maximum Gasteiger partial charge on any atom is 0.243 e. The van der Waals surface area contributed by atoms with Crippen LogP contribution >= 0.6 is 11.6 Å². The van der Waals surface area contributed by atoms with E-state index in [9.17, 15) is 9.59 Å². The molecule has 0 bridgehead atoms. The summed E-state index contributed by atoms with van der Waals surface area (Å²) in [5.74, 6) is -0.172. The fraction of sp³-hybridized carbons (Fsp3) is 0.417. The molecule has 0 heterocycles. The summed E-state index contributed by atoms with van der Waals surface area (Å²) in [6.07, 6.45) is 2.31. The zero-order valence-electron chi connectivity index (χ0n) is 17.8. The average Bonchev–Trinajstić information content (AvgIpc) is 2.75. The van der Waals surface area contributed by atoms with E-state index in [-0.39, 0.29) is 11.8 Å². The molecule has 0 aliphatic heterocycles. The van der Waals surface area contributed by atoms with Crippen molar-refractivity contribution in [1.29, 1.82) is 0 Å². The van der Waals surface area contributed by atoms with Crippen LogP contribution in [0.25, 0.3) is 0 Å². The molecular formula is C24H31ClN2O3. The lowest BCUT2D eigenvalue weighted by Gasteiger charge is -2.31. The molecule has 0 spiro atoms. The fourth-order valence-corrected chi connectivity index (χ4v) is 3.37. The molecule has 162 valence electrons. The van der Waals surface area contributed by atoms with Gasteiger partial charge in [0.15, 0.2) is 0 Å². The SMILES string of the molecule is CCCC(=O)N(Cc1ccc(Cl)cc1)[C@@H](Cc1ccccc1)C(=O)NCCCOC. The summed E-state index contributed by atoms with van der Waals surface area (Å²) in [7, 11) is 1.64. The van der Waals surface area contributed by atoms with Crippen LogP contribution in [0.4, 0.5) is 0 Å². The van der Waals surface area contributed by atoms with Crippen molar-refractivity contribution in [3.63, 3.8) is 0 Å². The van der Waals surface area contributed by atoms with Crippen LogP contribution in [0.15, 0.2) is 54.6 Å². The number of nitrogens with zero attached hydrogens (tertiary/aromatic N) is 1. The number of halogens is 1. The van der Waals surface area contributed by atoms with Crippen LogP contribution in [0.5, 0.6) is 0 Å². The third kappa shape index (κ3) is 7.81. The molecule has 1 N–H and O–H groups in total. The van der Waals surface area contributed by atoms with Crippen molar-refractivity contribution < 1.29 is 14.3 Å². The quantitative estimate of drug-likeness (QED) is 0.512. The minimum absolute atomic E-state index is 0.0274. The van der Waals surface area contributed by atoms with Crippen LogP contribution in [-0.4, -0.2) is 43.0 Å². The predicted octanol–water partition coefficient (Wildman–Crippen LogP) is 4.23. The molecule has 0 fully saturated rings. The number of ether oxygens (including phenoxy) is 1. The van der Waals surface area contributed by atoms with Gasteiger partial charge in [-0.2, -0.15) is 0 Å². The summed E-state index contributed by atoms with van der Waals surface area (Å²) < 4.78 is 5.06. The molecule has 5 nitrogen and oxygen atoms in total. The van der Waals surface area contributed by atoms with E-state index in [1.165, 1.54) is 0 Å². The molecule has 0 radical (unpaired) electrons. The Kier molecular flexibility index (Phi) is 10.4. The number of benzene rings is 2. The van der Waals surface area contributed by atoms with Crippen LogP contribution in [0.1, 0.15) is 37.3 Å². The Balaban J connectivity index is 2.27. The zero-order valence-corrected chi connectivity index (χ0v) is 18.5. The number of amides is 2. The van der Waals surface area contributed by atoms with Gasteiger partial charge in [-0.25, -0.2) is 0 Å². The van der Waals surface area contributed by atoms with E-state index in [2.05, 4.69) is 5.32 Å². The van der Waals surface area contributed by atoms with Crippen LogP contribution < -0.4 is 5.32 Å². The van der Waals surface area contributed by atoms with Gasteiger partial charge in [0.25, 0.3) is 0 Å². The first-order valence-electron chi connectivity index (χ1n) is 10.4. The highest BCUT2D eigenvalue weighted by atomic mass is 35.5. The maximum absolute atomic E-state index is 13.1. The summed E-state index contributed by atoms with van der Waals surface area (Å²) in [5, 5.41) is 3.62. The lowest BCUT2D eigenvalue weighted by atomic mass is 10.0. The minimum atomic E-state index is -0.593. The molecule has 0 saturated carbocycles. The van der Waals surface area contributed by atoms with Crippen molar-refractivity contribution in [2.45, 2.75) is 45.2 Å². The van der Waals surface area contributed by atoms with Crippen molar-refractivity contribution in [3.05, 3.63) is 70.7 Å². The number of carbonyl (C=O) groups is 2. The van der Waals surface area contributed by atoms with Crippen LogP contribution in [0, 0.1) is 0 Å². The Bertz CT molecular complexity index is 781. The van der Waals surface area contributed by atoms with Gasteiger partial charge < -0.3 is 15.0 Å². The van der Waals surface area contributed by atoms with Gasteiger partial charge >= 0.3 is 0 Å². The third-order valence-electron chi connectivity index (χ3n) is 4.83. The summed E-state index contributed by atoms with van der Waals surface area (Å²) in [6, 6.07) is 16.6. The summed E-state index contributed by atoms with van der Waals surface area (Å²) in [5.41, 5.74) is 1.95. The summed E-state index contributed by atoms with van der Waals surface area (Å²) in [6.45, 7) is 3.41. The van der Waals surface area contributed by atoms with Gasteiger partial charge in [0.2, 0.25) is 11.8 Å². The summed E-state index contributed by atoms with van der Waals surface area (Å²) >= 11 is 6.01. The average molecular weight is 431 g/mol. The van der Waals surface area contributed by atoms with Gasteiger partial charge in [0.1, 0.15) is 6.04 Å². The largest absolute Gasteiger partial charge is 0.385 e. The monoisotopic (exact) mass is 430 g/mol. The van der Waals surface area contributed by atoms with E-state index in [1.807, 2.05) is 49.4 Å². The molecule has 0 saturated heterocycles. The molecule has 2 aromatic rings. The van der Waals surface area contributed by atoms with Crippen molar-refractivity contribution in [2.75, 3.05) is 20.3 Å². The van der Waals surface area contributed by atoms with E-state index in [0.29, 0.717) is 37.6 Å². The van der Waals surface area contributed by atoms with Crippen LogP contribution in [-0.2, 0) is 27.3 Å². The van der Waals surface area contributed by atoms with Crippen molar-refractivity contribution in [1.82, 2.24) is 10.2 Å². The Morgan fingerprint density at radius 2 is 1.77 bits per heavy atom. The van der Waals surface area contributed by atoms with E-state index < -0.39 is 6.04 Å². The maximum atomic E-state index is 13.1. The lowest BCUT2D eigenvalue weighted by Crippen LogP contribution is -2.50. The van der Waals surface area contributed by atoms with Gasteiger partial charge in [-0.1, -0.05) is 61.0 Å². The number of methoxy groups -OCH3 is 1. The Morgan fingerprint density at radius 3 is 2.40 bits per heavy atom. The number of hydrogen-bond acceptors (Lipinski definition) is 3. The highest BCUT2D eigenvalue weighted by molar-refractivity contribution is 6.30. The number of rotatable bonds is 12. The second kappa shape index (κ2) is 13.0. The van der Waals surface area contributed by atoms with E-state index in [0.717, 1.165) is 24.0 Å². The van der Waals surface area contributed by atoms with E-state index >= 15 is 0 Å². The van der Waals surface area contributed by atoms with Crippen molar-refractivity contribution in [3.8, 4) is 0 Å². The first kappa shape index (κ1) is 23.9. The standard InChI is InChI=1S/C24H31ClN2O3/c1-3-8-23(28)27(18-20-11-13-21(25)14-12-20)22(17-19-9-5-4-6-10-19)24(29)26-15-7-16-30-2/h4-6,9-14,22H,3,7-8,15-18H2,1-2H3,(H,26,29)/t22-/m0/s1. The van der Waals surface area contributed by atoms with Gasteiger partial charge in [-0.3, -0.25) is 9.59 Å². The molecule has 0 unspecified atom stereocenters. The minimum Gasteiger partial charge on any atom is -0.385 e. The normalized spacial score (nSPS) is 11.7.